The Morgan fingerprint density at radius 2 is 1.88 bits per heavy atom. The molecule has 0 saturated carbocycles. The number of ether oxygens (including phenoxy) is 1. The number of aromatic nitrogens is 2. The Morgan fingerprint density at radius 3 is 2.44 bits per heavy atom. The van der Waals surface area contributed by atoms with Crippen LogP contribution in [0.2, 0.25) is 0 Å². The summed E-state index contributed by atoms with van der Waals surface area (Å²) in [6.45, 7) is 4.82. The second-order valence-electron chi connectivity index (χ2n) is 4.11. The molecular formula is C12H22N2OS. The third-order valence-corrected chi connectivity index (χ3v) is 3.06. The molecule has 0 saturated heterocycles. The van der Waals surface area contributed by atoms with Crippen LogP contribution in [0.3, 0.4) is 0 Å². The van der Waals surface area contributed by atoms with Crippen LogP contribution in [0, 0.1) is 13.8 Å². The minimum Gasteiger partial charge on any atom is -0.490 e. The van der Waals surface area contributed by atoms with Crippen LogP contribution in [0.15, 0.2) is 0 Å². The van der Waals surface area contributed by atoms with E-state index in [1.165, 1.54) is 19.3 Å². The second-order valence-corrected chi connectivity index (χ2v) is 4.56. The number of hydrogen-bond donors (Lipinski definition) is 1. The number of unbranched alkanes of at least 4 members (excludes halogenated alkanes) is 3. The molecule has 0 aliphatic heterocycles. The van der Waals surface area contributed by atoms with Gasteiger partial charge in [-0.2, -0.15) is 17.7 Å². The number of aryl methyl sites for hydroxylation is 2. The van der Waals surface area contributed by atoms with Crippen LogP contribution in [0.5, 0.6) is 5.75 Å². The van der Waals surface area contributed by atoms with Gasteiger partial charge in [-0.1, -0.05) is 12.8 Å². The van der Waals surface area contributed by atoms with Crippen LogP contribution in [-0.2, 0) is 7.05 Å². The molecule has 16 heavy (non-hydrogen) atoms. The average Bonchev–Trinajstić information content (AvgIpc) is 2.49. The zero-order valence-corrected chi connectivity index (χ0v) is 11.4. The van der Waals surface area contributed by atoms with E-state index in [0.29, 0.717) is 0 Å². The molecule has 1 aromatic heterocycles. The molecule has 0 N–H and O–H groups in total. The molecule has 0 spiro atoms. The molecule has 4 heteroatoms. The zero-order valence-electron chi connectivity index (χ0n) is 10.5. The monoisotopic (exact) mass is 242 g/mol. The minimum absolute atomic E-state index is 0.792. The highest BCUT2D eigenvalue weighted by atomic mass is 32.1. The quantitative estimate of drug-likeness (QED) is 0.588. The van der Waals surface area contributed by atoms with E-state index in [4.69, 9.17) is 4.74 Å². The Kier molecular flexibility index (Phi) is 5.74. The van der Waals surface area contributed by atoms with Gasteiger partial charge in [0.25, 0.3) is 0 Å². The topological polar surface area (TPSA) is 27.1 Å². The lowest BCUT2D eigenvalue weighted by molar-refractivity contribution is 0.301. The maximum absolute atomic E-state index is 5.77. The molecule has 1 rings (SSSR count). The van der Waals surface area contributed by atoms with Gasteiger partial charge < -0.3 is 4.74 Å². The summed E-state index contributed by atoms with van der Waals surface area (Å²) in [5.41, 5.74) is 2.09. The Balaban J connectivity index is 2.26. The van der Waals surface area contributed by atoms with Crippen molar-refractivity contribution >= 4 is 12.6 Å². The number of hydrogen-bond acceptors (Lipinski definition) is 3. The van der Waals surface area contributed by atoms with Gasteiger partial charge in [0.15, 0.2) is 5.75 Å². The lowest BCUT2D eigenvalue weighted by Crippen LogP contribution is -1.99. The molecule has 0 amide bonds. The molecular weight excluding hydrogens is 220 g/mol. The van der Waals surface area contributed by atoms with Crippen molar-refractivity contribution in [3.05, 3.63) is 11.4 Å². The van der Waals surface area contributed by atoms with Gasteiger partial charge in [0.05, 0.1) is 12.3 Å². The number of nitrogens with zero attached hydrogens (tertiary/aromatic N) is 2. The van der Waals surface area contributed by atoms with Gasteiger partial charge in [-0.15, -0.1) is 0 Å². The Morgan fingerprint density at radius 1 is 1.19 bits per heavy atom. The van der Waals surface area contributed by atoms with Crippen LogP contribution in [0.1, 0.15) is 37.1 Å². The smallest absolute Gasteiger partial charge is 0.162 e. The number of thiol groups is 1. The third kappa shape index (κ3) is 3.74. The zero-order chi connectivity index (χ0) is 12.0. The van der Waals surface area contributed by atoms with E-state index in [0.717, 1.165) is 35.9 Å². The molecule has 0 aliphatic carbocycles. The van der Waals surface area contributed by atoms with Crippen LogP contribution in [-0.4, -0.2) is 22.1 Å². The normalized spacial score (nSPS) is 10.8. The highest BCUT2D eigenvalue weighted by Gasteiger charge is 2.09. The number of rotatable bonds is 7. The minimum atomic E-state index is 0.792. The van der Waals surface area contributed by atoms with Crippen LogP contribution in [0.25, 0.3) is 0 Å². The van der Waals surface area contributed by atoms with Crippen molar-refractivity contribution in [1.82, 2.24) is 9.78 Å². The summed E-state index contributed by atoms with van der Waals surface area (Å²) in [6.07, 6.45) is 4.78. The molecule has 0 aromatic carbocycles. The molecule has 3 nitrogen and oxygen atoms in total. The van der Waals surface area contributed by atoms with E-state index in [-0.39, 0.29) is 0 Å². The van der Waals surface area contributed by atoms with Crippen molar-refractivity contribution in [2.24, 2.45) is 7.05 Å². The van der Waals surface area contributed by atoms with Crippen molar-refractivity contribution < 1.29 is 4.74 Å². The van der Waals surface area contributed by atoms with Gasteiger partial charge in [0.1, 0.15) is 5.69 Å². The summed E-state index contributed by atoms with van der Waals surface area (Å²) >= 11 is 4.19. The lowest BCUT2D eigenvalue weighted by atomic mass is 10.2. The summed E-state index contributed by atoms with van der Waals surface area (Å²) in [5.74, 6) is 1.94. The maximum Gasteiger partial charge on any atom is 0.162 e. The first-order valence-electron chi connectivity index (χ1n) is 5.90. The molecule has 1 heterocycles. The summed E-state index contributed by atoms with van der Waals surface area (Å²) < 4.78 is 7.63. The molecule has 0 fully saturated rings. The molecule has 0 bridgehead atoms. The van der Waals surface area contributed by atoms with Crippen LogP contribution >= 0.6 is 12.6 Å². The Bertz CT molecular complexity index is 323. The van der Waals surface area contributed by atoms with Crippen molar-refractivity contribution in [1.29, 1.82) is 0 Å². The predicted molar refractivity (Wildman–Crippen MR) is 70.5 cm³/mol. The summed E-state index contributed by atoms with van der Waals surface area (Å²) in [4.78, 5) is 0. The Labute approximate surface area is 104 Å². The molecule has 0 unspecified atom stereocenters. The molecule has 0 radical (unpaired) electrons. The lowest BCUT2D eigenvalue weighted by Gasteiger charge is -2.06. The van der Waals surface area contributed by atoms with E-state index in [2.05, 4.69) is 17.7 Å². The first-order valence-corrected chi connectivity index (χ1v) is 6.54. The second kappa shape index (κ2) is 6.84. The Hall–Kier alpha value is -0.640. The van der Waals surface area contributed by atoms with E-state index >= 15 is 0 Å². The maximum atomic E-state index is 5.77. The largest absolute Gasteiger partial charge is 0.490 e. The van der Waals surface area contributed by atoms with Crippen molar-refractivity contribution in [2.75, 3.05) is 12.4 Å². The van der Waals surface area contributed by atoms with Gasteiger partial charge in [0, 0.05) is 7.05 Å². The fraction of sp³-hybridized carbons (Fsp3) is 0.750. The molecule has 1 aromatic rings. The third-order valence-electron chi connectivity index (χ3n) is 2.74. The summed E-state index contributed by atoms with van der Waals surface area (Å²) in [5, 5.41) is 4.32. The molecule has 0 aliphatic rings. The van der Waals surface area contributed by atoms with Gasteiger partial charge in [-0.25, -0.2) is 0 Å². The van der Waals surface area contributed by atoms with Crippen LogP contribution < -0.4 is 4.74 Å². The fourth-order valence-electron chi connectivity index (χ4n) is 1.70. The summed E-state index contributed by atoms with van der Waals surface area (Å²) in [7, 11) is 1.95. The van der Waals surface area contributed by atoms with E-state index in [1.807, 2.05) is 25.6 Å². The molecule has 0 atom stereocenters. The highest BCUT2D eigenvalue weighted by Crippen LogP contribution is 2.21. The fourth-order valence-corrected chi connectivity index (χ4v) is 1.93. The van der Waals surface area contributed by atoms with E-state index in [9.17, 15) is 0 Å². The average molecular weight is 242 g/mol. The SMILES string of the molecule is Cc1nn(C)c(C)c1OCCCCCCS. The van der Waals surface area contributed by atoms with E-state index < -0.39 is 0 Å². The highest BCUT2D eigenvalue weighted by molar-refractivity contribution is 7.80. The van der Waals surface area contributed by atoms with Gasteiger partial charge in [-0.05, 0) is 32.4 Å². The van der Waals surface area contributed by atoms with Crippen molar-refractivity contribution in [2.45, 2.75) is 39.5 Å². The van der Waals surface area contributed by atoms with Crippen LogP contribution in [0.4, 0.5) is 0 Å². The van der Waals surface area contributed by atoms with E-state index in [1.54, 1.807) is 0 Å². The van der Waals surface area contributed by atoms with Gasteiger partial charge in [0.2, 0.25) is 0 Å². The van der Waals surface area contributed by atoms with Gasteiger partial charge >= 0.3 is 0 Å². The first kappa shape index (κ1) is 13.4. The predicted octanol–water partition coefficient (Wildman–Crippen LogP) is 2.91. The van der Waals surface area contributed by atoms with Crippen molar-refractivity contribution in [3.8, 4) is 5.75 Å². The summed E-state index contributed by atoms with van der Waals surface area (Å²) in [6, 6.07) is 0. The first-order chi connectivity index (χ1) is 7.66. The standard InChI is InChI=1S/C12H22N2OS/c1-10-12(11(2)14(3)13-10)15-8-6-4-5-7-9-16/h16H,4-9H2,1-3H3. The van der Waals surface area contributed by atoms with Crippen molar-refractivity contribution in [3.63, 3.8) is 0 Å². The molecule has 92 valence electrons. The van der Waals surface area contributed by atoms with Gasteiger partial charge in [-0.3, -0.25) is 4.68 Å².